The first-order valence-corrected chi connectivity index (χ1v) is 17.4. The molecule has 2 heterocycles. The highest BCUT2D eigenvalue weighted by Crippen LogP contribution is 2.40. The Bertz CT molecular complexity index is 2520. The van der Waals surface area contributed by atoms with E-state index in [1.807, 2.05) is 12.1 Å². The molecule has 61 heavy (non-hydrogen) atoms. The Morgan fingerprint density at radius 3 is 1.48 bits per heavy atom. The molecular weight excluding hydrogens is 822 g/mol. The number of hydrogen-bond acceptors (Lipinski definition) is 12. The number of anilines is 1. The van der Waals surface area contributed by atoms with Crippen molar-refractivity contribution in [2.75, 3.05) is 33.9 Å². The molecule has 0 saturated carbocycles. The van der Waals surface area contributed by atoms with Crippen molar-refractivity contribution in [3.63, 3.8) is 0 Å². The molecule has 21 heteroatoms. The predicted octanol–water partition coefficient (Wildman–Crippen LogP) is 8.69. The van der Waals surface area contributed by atoms with Crippen molar-refractivity contribution in [3.05, 3.63) is 141 Å². The third kappa shape index (κ3) is 10.4. The molecule has 0 aliphatic carbocycles. The number of halogens is 6. The van der Waals surface area contributed by atoms with Crippen LogP contribution in [-0.4, -0.2) is 69.6 Å². The third-order valence-corrected chi connectivity index (χ3v) is 8.83. The molecule has 320 valence electrons. The van der Waals surface area contributed by atoms with Crippen LogP contribution < -0.4 is 5.48 Å². The lowest BCUT2D eigenvalue weighted by atomic mass is 10.1. The van der Waals surface area contributed by atoms with Crippen LogP contribution in [0.2, 0.25) is 0 Å². The number of aromatic nitrogens is 4. The summed E-state index contributed by atoms with van der Waals surface area (Å²) >= 11 is 0. The van der Waals surface area contributed by atoms with Crippen LogP contribution in [0.15, 0.2) is 97.8 Å². The molecule has 0 atom stereocenters. The molecule has 0 saturated heterocycles. The predicted molar refractivity (Wildman–Crippen MR) is 204 cm³/mol. The number of benzene rings is 4. The molecule has 2 N–H and O–H groups in total. The van der Waals surface area contributed by atoms with E-state index < -0.39 is 63.0 Å². The number of carbonyl (C=O) groups is 2. The van der Waals surface area contributed by atoms with Crippen molar-refractivity contribution in [1.82, 2.24) is 19.1 Å². The van der Waals surface area contributed by atoms with Gasteiger partial charge in [-0.25, -0.2) is 19.6 Å². The summed E-state index contributed by atoms with van der Waals surface area (Å²) in [5, 5.41) is 20.4. The van der Waals surface area contributed by atoms with Gasteiger partial charge in [0, 0.05) is 43.8 Å². The van der Waals surface area contributed by atoms with Gasteiger partial charge < -0.3 is 28.1 Å². The normalized spacial score (nSPS) is 11.4. The molecule has 0 aliphatic heterocycles. The number of carbonyl (C=O) groups excluding carboxylic acids is 2. The van der Waals surface area contributed by atoms with Crippen LogP contribution >= 0.6 is 0 Å². The summed E-state index contributed by atoms with van der Waals surface area (Å²) < 4.78 is 103. The van der Waals surface area contributed by atoms with Crippen molar-refractivity contribution in [2.45, 2.75) is 25.6 Å². The standard InChI is InChI=1S/C20H16F3N3O5.C20H18F3N3O4/c1-30-10-12-3-5-13(6-4-12)16-9-25(11-24-16)18-7-14(19(27)31-2)17(26(28)29)8-15(18)20(21,22)23;1-29-10-12-3-5-13(6-4-12)17-9-26(11-24-17)18-7-14(19(27)30-2)16(25-28)8-15(18)20(21,22)23/h3-9,11H,10H2,1-2H3;3-9,11,25,28H,10H2,1-2H3. The van der Waals surface area contributed by atoms with E-state index in [1.54, 1.807) is 56.1 Å². The van der Waals surface area contributed by atoms with Crippen LogP contribution in [0.1, 0.15) is 43.0 Å². The van der Waals surface area contributed by atoms with Gasteiger partial charge in [0.1, 0.15) is 5.56 Å². The van der Waals surface area contributed by atoms with Gasteiger partial charge in [-0.3, -0.25) is 20.8 Å². The first-order chi connectivity index (χ1) is 28.9. The minimum Gasteiger partial charge on any atom is -0.465 e. The molecule has 15 nitrogen and oxygen atoms in total. The molecule has 0 spiro atoms. The number of rotatable bonds is 12. The minimum absolute atomic E-state index is 0.262. The molecule has 6 rings (SSSR count). The molecule has 4 aromatic carbocycles. The second-order valence-electron chi connectivity index (χ2n) is 12.7. The van der Waals surface area contributed by atoms with Gasteiger partial charge in [0.2, 0.25) is 0 Å². The average molecular weight is 857 g/mol. The van der Waals surface area contributed by atoms with Gasteiger partial charge >= 0.3 is 24.3 Å². The van der Waals surface area contributed by atoms with Crippen molar-refractivity contribution in [1.29, 1.82) is 0 Å². The monoisotopic (exact) mass is 856 g/mol. The molecule has 6 aromatic rings. The number of alkyl halides is 6. The summed E-state index contributed by atoms with van der Waals surface area (Å²) in [6, 6.07) is 17.0. The Hall–Kier alpha value is -7.10. The zero-order valence-corrected chi connectivity index (χ0v) is 32.4. The van der Waals surface area contributed by atoms with Gasteiger partial charge in [-0.05, 0) is 29.3 Å². The molecule has 2 aromatic heterocycles. The van der Waals surface area contributed by atoms with Crippen molar-refractivity contribution >= 4 is 23.3 Å². The smallest absolute Gasteiger partial charge is 0.418 e. The Morgan fingerprint density at radius 2 is 1.10 bits per heavy atom. The molecule has 0 amide bonds. The van der Waals surface area contributed by atoms with Gasteiger partial charge in [-0.2, -0.15) is 26.3 Å². The summed E-state index contributed by atoms with van der Waals surface area (Å²) in [5.41, 5.74) is 0.139. The van der Waals surface area contributed by atoms with E-state index in [1.165, 1.54) is 18.7 Å². The van der Waals surface area contributed by atoms with E-state index in [9.17, 15) is 51.3 Å². The maximum absolute atomic E-state index is 13.7. The van der Waals surface area contributed by atoms with Crippen molar-refractivity contribution in [2.24, 2.45) is 0 Å². The Balaban J connectivity index is 0.000000231. The quantitative estimate of drug-likeness (QED) is 0.0518. The van der Waals surface area contributed by atoms with Gasteiger partial charge in [0.25, 0.3) is 5.69 Å². The van der Waals surface area contributed by atoms with E-state index in [-0.39, 0.29) is 11.3 Å². The van der Waals surface area contributed by atoms with Crippen LogP contribution in [-0.2, 0) is 44.5 Å². The Morgan fingerprint density at radius 1 is 0.689 bits per heavy atom. The molecule has 0 fully saturated rings. The summed E-state index contributed by atoms with van der Waals surface area (Å²) in [6.45, 7) is 0.841. The molecule has 0 unspecified atom stereocenters. The summed E-state index contributed by atoms with van der Waals surface area (Å²) in [4.78, 5) is 42.4. The maximum atomic E-state index is 13.7. The molecule has 0 aliphatic rings. The summed E-state index contributed by atoms with van der Waals surface area (Å²) in [6.07, 6.45) is -4.56. The van der Waals surface area contributed by atoms with E-state index in [2.05, 4.69) is 19.4 Å². The van der Waals surface area contributed by atoms with Gasteiger partial charge in [-0.1, -0.05) is 48.5 Å². The maximum Gasteiger partial charge on any atom is 0.418 e. The fraction of sp³-hybridized carbons (Fsp3) is 0.200. The molecule has 0 radical (unpaired) electrons. The Labute approximate surface area is 341 Å². The van der Waals surface area contributed by atoms with Crippen LogP contribution in [0, 0.1) is 10.1 Å². The van der Waals surface area contributed by atoms with Crippen molar-refractivity contribution < 1.29 is 65.0 Å². The second kappa shape index (κ2) is 18.9. The average Bonchev–Trinajstić information content (AvgIpc) is 3.94. The van der Waals surface area contributed by atoms with Crippen LogP contribution in [0.4, 0.5) is 37.7 Å². The van der Waals surface area contributed by atoms with Gasteiger partial charge in [-0.15, -0.1) is 0 Å². The highest BCUT2D eigenvalue weighted by molar-refractivity contribution is 5.97. The topological polar surface area (TPSA) is 182 Å². The number of esters is 2. The lowest BCUT2D eigenvalue weighted by molar-refractivity contribution is -0.385. The lowest BCUT2D eigenvalue weighted by Gasteiger charge is -2.17. The number of nitro benzene ring substituents is 1. The van der Waals surface area contributed by atoms with Crippen LogP contribution in [0.25, 0.3) is 33.9 Å². The van der Waals surface area contributed by atoms with Crippen LogP contribution in [0.5, 0.6) is 0 Å². The van der Waals surface area contributed by atoms with Crippen LogP contribution in [0.3, 0.4) is 0 Å². The number of nitrogens with one attached hydrogen (secondary N) is 1. The zero-order valence-electron chi connectivity index (χ0n) is 32.4. The largest absolute Gasteiger partial charge is 0.465 e. The summed E-state index contributed by atoms with van der Waals surface area (Å²) in [7, 11) is 5.20. The Kier molecular flexibility index (Phi) is 13.9. The number of methoxy groups -OCH3 is 4. The highest BCUT2D eigenvalue weighted by atomic mass is 19.4. The van der Waals surface area contributed by atoms with Crippen molar-refractivity contribution in [3.8, 4) is 33.9 Å². The molecule has 0 bridgehead atoms. The second-order valence-corrected chi connectivity index (χ2v) is 12.7. The van der Waals surface area contributed by atoms with E-state index in [0.29, 0.717) is 47.9 Å². The first kappa shape index (κ1) is 45.0. The third-order valence-electron chi connectivity index (χ3n) is 8.83. The summed E-state index contributed by atoms with van der Waals surface area (Å²) in [5.74, 6) is -2.04. The number of nitro groups is 1. The number of nitrogens with zero attached hydrogens (tertiary/aromatic N) is 5. The lowest BCUT2D eigenvalue weighted by Crippen LogP contribution is -2.14. The SMILES string of the molecule is COCc1ccc(-c2cn(-c3cc(C(=O)OC)c(NO)cc3C(F)(F)F)cn2)cc1.COCc1ccc(-c2cn(-c3cc(C(=O)OC)c([N+](=O)[O-])cc3C(F)(F)F)cn2)cc1. The fourth-order valence-corrected chi connectivity index (χ4v) is 5.93. The van der Waals surface area contributed by atoms with E-state index in [0.717, 1.165) is 52.9 Å². The number of hydrogen-bond donors (Lipinski definition) is 2. The van der Waals surface area contributed by atoms with Gasteiger partial charge in [0.05, 0.1) is 90.2 Å². The zero-order chi connectivity index (χ0) is 44.6. The van der Waals surface area contributed by atoms with E-state index in [4.69, 9.17) is 9.47 Å². The van der Waals surface area contributed by atoms with E-state index >= 15 is 0 Å². The molecular formula is C40H34F6N6O9. The highest BCUT2D eigenvalue weighted by Gasteiger charge is 2.39. The van der Waals surface area contributed by atoms with Gasteiger partial charge in [0.15, 0.2) is 0 Å². The number of ether oxygens (including phenoxy) is 4. The number of imidazole rings is 2. The first-order valence-electron chi connectivity index (χ1n) is 17.4. The fourth-order valence-electron chi connectivity index (χ4n) is 5.93. The minimum atomic E-state index is -4.92.